The highest BCUT2D eigenvalue weighted by Crippen LogP contribution is 2.34. The van der Waals surface area contributed by atoms with Crippen LogP contribution in [0.3, 0.4) is 0 Å². The van der Waals surface area contributed by atoms with Crippen LogP contribution in [0.25, 0.3) is 0 Å². The van der Waals surface area contributed by atoms with Gasteiger partial charge in [-0.25, -0.2) is 18.7 Å². The van der Waals surface area contributed by atoms with Crippen LogP contribution in [0, 0.1) is 0 Å². The largest absolute Gasteiger partial charge is 0.380 e. The Balaban J connectivity index is 1.31. The SMILES string of the molecule is CCCOCCN1Cc2cc(N3CCCc4cc(C(=O)N5CCC(F)(F)CC5)cnc43)ncc2C1=O. The summed E-state index contributed by atoms with van der Waals surface area (Å²) in [6.45, 7) is 5.14. The van der Waals surface area contributed by atoms with Crippen molar-refractivity contribution in [2.75, 3.05) is 44.3 Å². The standard InChI is InChI=1S/C26H31F2N5O3/c1-2-11-36-12-10-32-17-20-14-22(29-16-21(20)25(32)35)33-7-3-4-18-13-19(15-30-23(18)33)24(34)31-8-5-26(27,28)6-9-31/h13-16H,2-12,17H2,1H3. The molecule has 3 aliphatic rings. The Morgan fingerprint density at radius 1 is 1.08 bits per heavy atom. The van der Waals surface area contributed by atoms with E-state index in [9.17, 15) is 18.4 Å². The molecule has 192 valence electrons. The fourth-order valence-corrected chi connectivity index (χ4v) is 5.03. The van der Waals surface area contributed by atoms with E-state index in [1.165, 1.54) is 11.1 Å². The van der Waals surface area contributed by atoms with Crippen molar-refractivity contribution in [1.29, 1.82) is 0 Å². The van der Waals surface area contributed by atoms with Crippen LogP contribution in [-0.2, 0) is 17.7 Å². The van der Waals surface area contributed by atoms with Gasteiger partial charge in [0.25, 0.3) is 17.7 Å². The zero-order valence-corrected chi connectivity index (χ0v) is 20.5. The predicted octanol–water partition coefficient (Wildman–Crippen LogP) is 3.81. The molecule has 0 radical (unpaired) electrons. The summed E-state index contributed by atoms with van der Waals surface area (Å²) >= 11 is 0. The second-order valence-corrected chi connectivity index (χ2v) is 9.65. The Morgan fingerprint density at radius 3 is 2.67 bits per heavy atom. The molecule has 5 rings (SSSR count). The summed E-state index contributed by atoms with van der Waals surface area (Å²) in [6.07, 6.45) is 5.13. The Bertz CT molecular complexity index is 1150. The molecule has 0 atom stereocenters. The van der Waals surface area contributed by atoms with E-state index >= 15 is 0 Å². The lowest BCUT2D eigenvalue weighted by atomic mass is 10.0. The van der Waals surface area contributed by atoms with Crippen molar-refractivity contribution < 1.29 is 23.1 Å². The number of carbonyl (C=O) groups is 2. The second kappa shape index (κ2) is 10.1. The van der Waals surface area contributed by atoms with Gasteiger partial charge in [0.15, 0.2) is 0 Å². The summed E-state index contributed by atoms with van der Waals surface area (Å²) in [5, 5.41) is 0. The number of halogens is 2. The Morgan fingerprint density at radius 2 is 1.89 bits per heavy atom. The maximum absolute atomic E-state index is 13.5. The minimum atomic E-state index is -2.70. The van der Waals surface area contributed by atoms with Crippen LogP contribution in [0.4, 0.5) is 20.4 Å². The molecule has 3 aliphatic heterocycles. The number of ether oxygens (including phenoxy) is 1. The van der Waals surface area contributed by atoms with Crippen LogP contribution in [0.2, 0.25) is 0 Å². The number of rotatable bonds is 7. The number of amides is 2. The number of likely N-dealkylation sites (tertiary alicyclic amines) is 1. The van der Waals surface area contributed by atoms with Crippen molar-refractivity contribution in [3.8, 4) is 0 Å². The third-order valence-corrected chi connectivity index (χ3v) is 7.04. The molecule has 0 aliphatic carbocycles. The average molecular weight is 500 g/mol. The molecule has 0 saturated carbocycles. The Kier molecular flexibility index (Phi) is 6.87. The van der Waals surface area contributed by atoms with E-state index in [4.69, 9.17) is 4.74 Å². The number of aryl methyl sites for hydroxylation is 1. The number of hydrogen-bond donors (Lipinski definition) is 0. The molecule has 0 N–H and O–H groups in total. The van der Waals surface area contributed by atoms with Gasteiger partial charge in [-0.3, -0.25) is 9.59 Å². The second-order valence-electron chi connectivity index (χ2n) is 9.65. The van der Waals surface area contributed by atoms with E-state index < -0.39 is 5.92 Å². The monoisotopic (exact) mass is 499 g/mol. The van der Waals surface area contributed by atoms with Crippen LogP contribution < -0.4 is 4.90 Å². The highest BCUT2D eigenvalue weighted by Gasteiger charge is 2.36. The van der Waals surface area contributed by atoms with Crippen LogP contribution in [-0.4, -0.2) is 76.9 Å². The van der Waals surface area contributed by atoms with Crippen LogP contribution >= 0.6 is 0 Å². The van der Waals surface area contributed by atoms with Crippen molar-refractivity contribution in [3.05, 3.63) is 46.8 Å². The van der Waals surface area contributed by atoms with Gasteiger partial charge in [0.1, 0.15) is 11.6 Å². The van der Waals surface area contributed by atoms with Gasteiger partial charge in [0.2, 0.25) is 0 Å². The van der Waals surface area contributed by atoms with Gasteiger partial charge < -0.3 is 19.4 Å². The molecule has 2 aromatic heterocycles. The molecule has 1 saturated heterocycles. The number of hydrogen-bond acceptors (Lipinski definition) is 6. The Hall–Kier alpha value is -3.14. The maximum Gasteiger partial charge on any atom is 0.256 e. The third kappa shape index (κ3) is 4.91. The van der Waals surface area contributed by atoms with E-state index in [1.807, 2.05) is 17.0 Å². The lowest BCUT2D eigenvalue weighted by Gasteiger charge is -2.32. The van der Waals surface area contributed by atoms with Gasteiger partial charge in [-0.15, -0.1) is 0 Å². The average Bonchev–Trinajstić information content (AvgIpc) is 3.20. The van der Waals surface area contributed by atoms with Crippen molar-refractivity contribution in [2.24, 2.45) is 0 Å². The van der Waals surface area contributed by atoms with Gasteiger partial charge in [0, 0.05) is 64.6 Å². The van der Waals surface area contributed by atoms with Gasteiger partial charge in [-0.1, -0.05) is 6.92 Å². The van der Waals surface area contributed by atoms with E-state index in [0.29, 0.717) is 37.4 Å². The minimum Gasteiger partial charge on any atom is -0.380 e. The van der Waals surface area contributed by atoms with Crippen molar-refractivity contribution in [1.82, 2.24) is 19.8 Å². The molecular formula is C26H31F2N5O3. The topological polar surface area (TPSA) is 78.9 Å². The molecule has 0 spiro atoms. The molecule has 0 bridgehead atoms. The molecule has 0 aromatic carbocycles. The molecule has 2 amide bonds. The molecule has 1 fully saturated rings. The lowest BCUT2D eigenvalue weighted by molar-refractivity contribution is -0.0494. The van der Waals surface area contributed by atoms with Crippen LogP contribution in [0.5, 0.6) is 0 Å². The Labute approximate surface area is 209 Å². The van der Waals surface area contributed by atoms with E-state index in [2.05, 4.69) is 16.9 Å². The number of pyridine rings is 2. The van der Waals surface area contributed by atoms with Crippen molar-refractivity contribution >= 4 is 23.5 Å². The first-order chi connectivity index (χ1) is 17.4. The number of nitrogens with zero attached hydrogens (tertiary/aromatic N) is 5. The van der Waals surface area contributed by atoms with Gasteiger partial charge in [-0.05, 0) is 42.5 Å². The first-order valence-corrected chi connectivity index (χ1v) is 12.7. The zero-order valence-electron chi connectivity index (χ0n) is 20.5. The van der Waals surface area contributed by atoms with E-state index in [0.717, 1.165) is 48.6 Å². The maximum atomic E-state index is 13.5. The number of piperidine rings is 1. The fourth-order valence-electron chi connectivity index (χ4n) is 5.03. The van der Waals surface area contributed by atoms with Crippen LogP contribution in [0.15, 0.2) is 24.5 Å². The third-order valence-electron chi connectivity index (χ3n) is 7.04. The first-order valence-electron chi connectivity index (χ1n) is 12.7. The normalized spacial score (nSPS) is 18.9. The highest BCUT2D eigenvalue weighted by molar-refractivity contribution is 5.98. The zero-order chi connectivity index (χ0) is 25.3. The van der Waals surface area contributed by atoms with E-state index in [1.54, 1.807) is 11.1 Å². The summed E-state index contributed by atoms with van der Waals surface area (Å²) in [7, 11) is 0. The molecular weight excluding hydrogens is 468 g/mol. The summed E-state index contributed by atoms with van der Waals surface area (Å²) < 4.78 is 32.5. The van der Waals surface area contributed by atoms with Gasteiger partial charge in [-0.2, -0.15) is 0 Å². The smallest absolute Gasteiger partial charge is 0.256 e. The molecule has 0 unspecified atom stereocenters. The molecule has 2 aromatic rings. The predicted molar refractivity (Wildman–Crippen MR) is 130 cm³/mol. The molecule has 8 nitrogen and oxygen atoms in total. The van der Waals surface area contributed by atoms with Gasteiger partial charge in [0.05, 0.1) is 17.7 Å². The molecule has 5 heterocycles. The minimum absolute atomic E-state index is 0.0278. The molecule has 10 heteroatoms. The van der Waals surface area contributed by atoms with E-state index in [-0.39, 0.29) is 37.7 Å². The summed E-state index contributed by atoms with van der Waals surface area (Å²) in [4.78, 5) is 40.1. The summed E-state index contributed by atoms with van der Waals surface area (Å²) in [5.74, 6) is -1.52. The first kappa shape index (κ1) is 24.5. The molecule has 36 heavy (non-hydrogen) atoms. The quantitative estimate of drug-likeness (QED) is 0.539. The fraction of sp³-hybridized carbons (Fsp3) is 0.538. The van der Waals surface area contributed by atoms with Crippen molar-refractivity contribution in [2.45, 2.75) is 51.5 Å². The number of alkyl halides is 2. The van der Waals surface area contributed by atoms with Gasteiger partial charge >= 0.3 is 0 Å². The number of anilines is 2. The summed E-state index contributed by atoms with van der Waals surface area (Å²) in [5.41, 5.74) is 2.91. The lowest BCUT2D eigenvalue weighted by Crippen LogP contribution is -2.42. The highest BCUT2D eigenvalue weighted by atomic mass is 19.3. The number of fused-ring (bicyclic) bond motifs is 2. The number of carbonyl (C=O) groups excluding carboxylic acids is 2. The number of aromatic nitrogens is 2. The van der Waals surface area contributed by atoms with Crippen LogP contribution in [0.1, 0.15) is 64.4 Å². The summed E-state index contributed by atoms with van der Waals surface area (Å²) in [6, 6.07) is 3.78. The van der Waals surface area contributed by atoms with Crippen molar-refractivity contribution in [3.63, 3.8) is 0 Å².